The van der Waals surface area contributed by atoms with E-state index >= 15 is 0 Å². The van der Waals surface area contributed by atoms with Gasteiger partial charge in [-0.05, 0) is 24.6 Å². The molecule has 1 atom stereocenters. The minimum absolute atomic E-state index is 0. The molecule has 1 unspecified atom stereocenters. The number of hydrogen-bond donors (Lipinski definition) is 2. The Balaban J connectivity index is 0.00000361. The molecule has 8 heteroatoms. The van der Waals surface area contributed by atoms with Crippen LogP contribution in [0.4, 0.5) is 13.2 Å². The predicted molar refractivity (Wildman–Crippen MR) is 68.7 cm³/mol. The Morgan fingerprint density at radius 3 is 2.20 bits per heavy atom. The van der Waals surface area contributed by atoms with E-state index in [2.05, 4.69) is 4.74 Å². The molecular weight excluding hydrogens is 299 g/mol. The Labute approximate surface area is 120 Å². The molecule has 1 aromatic rings. The number of carbonyl (C=O) groups excluding carboxylic acids is 1. The summed E-state index contributed by atoms with van der Waals surface area (Å²) in [7, 11) is 0. The maximum absolute atomic E-state index is 13.0. The first kappa shape index (κ1) is 18.5. The van der Waals surface area contributed by atoms with E-state index in [1.54, 1.807) is 0 Å². The number of halogens is 4. The van der Waals surface area contributed by atoms with Crippen LogP contribution < -0.4 is 5.73 Å². The molecule has 0 amide bonds. The van der Waals surface area contributed by atoms with Gasteiger partial charge in [-0.1, -0.05) is 12.1 Å². The summed E-state index contributed by atoms with van der Waals surface area (Å²) in [5.41, 5.74) is 2.29. The highest BCUT2D eigenvalue weighted by Crippen LogP contribution is 2.32. The summed E-state index contributed by atoms with van der Waals surface area (Å²) >= 11 is 0. The molecule has 0 saturated carbocycles. The van der Waals surface area contributed by atoms with Gasteiger partial charge in [0.05, 0.1) is 6.61 Å². The van der Waals surface area contributed by atoms with Crippen molar-refractivity contribution in [2.75, 3.05) is 6.61 Å². The number of ether oxygens (including phenoxy) is 1. The van der Waals surface area contributed by atoms with Crippen LogP contribution in [0.5, 0.6) is 5.75 Å². The van der Waals surface area contributed by atoms with Crippen LogP contribution in [-0.4, -0.2) is 29.4 Å². The van der Waals surface area contributed by atoms with E-state index in [0.717, 1.165) is 0 Å². The van der Waals surface area contributed by atoms with Crippen LogP contribution in [0.2, 0.25) is 0 Å². The summed E-state index contributed by atoms with van der Waals surface area (Å²) in [6.45, 7) is 1.21. The molecule has 0 radical (unpaired) electrons. The molecule has 20 heavy (non-hydrogen) atoms. The van der Waals surface area contributed by atoms with Crippen LogP contribution in [0.15, 0.2) is 24.3 Å². The molecule has 0 bridgehead atoms. The summed E-state index contributed by atoms with van der Waals surface area (Å²) in [5, 5.41) is 9.06. The van der Waals surface area contributed by atoms with Gasteiger partial charge in [-0.3, -0.25) is 0 Å². The normalized spacial score (nSPS) is 14.1. The van der Waals surface area contributed by atoms with Crippen molar-refractivity contribution in [1.82, 2.24) is 0 Å². The number of phenols is 1. The van der Waals surface area contributed by atoms with Gasteiger partial charge in [0.25, 0.3) is 0 Å². The third-order valence-corrected chi connectivity index (χ3v) is 2.56. The molecule has 0 aliphatic heterocycles. The van der Waals surface area contributed by atoms with E-state index < -0.39 is 24.1 Å². The van der Waals surface area contributed by atoms with Gasteiger partial charge in [0.1, 0.15) is 5.75 Å². The van der Waals surface area contributed by atoms with E-state index in [-0.39, 0.29) is 30.3 Å². The fraction of sp³-hybridized carbons (Fsp3) is 0.417. The molecule has 1 aromatic carbocycles. The second kappa shape index (κ2) is 6.81. The molecule has 0 aromatic heterocycles. The Morgan fingerprint density at radius 1 is 1.30 bits per heavy atom. The van der Waals surface area contributed by atoms with Gasteiger partial charge in [0, 0.05) is 6.42 Å². The molecule has 0 heterocycles. The summed E-state index contributed by atoms with van der Waals surface area (Å²) in [5.74, 6) is -1.61. The topological polar surface area (TPSA) is 72.5 Å². The maximum Gasteiger partial charge on any atom is 0.417 e. The molecule has 1 rings (SSSR count). The van der Waals surface area contributed by atoms with Gasteiger partial charge in [-0.25, -0.2) is 4.79 Å². The van der Waals surface area contributed by atoms with E-state index in [4.69, 9.17) is 10.8 Å². The predicted octanol–water partition coefficient (Wildman–Crippen LogP) is 2.18. The van der Waals surface area contributed by atoms with Gasteiger partial charge in [-0.2, -0.15) is 13.2 Å². The second-order valence-corrected chi connectivity index (χ2v) is 4.03. The molecular formula is C12H15ClF3NO3. The van der Waals surface area contributed by atoms with Crippen molar-refractivity contribution < 1.29 is 27.8 Å². The standard InChI is InChI=1S/C12H14F3NO3.ClH/c1-2-19-10(18)11(16,12(13,14)15)7-8-3-5-9(17)6-4-8;/h3-6,17H,2,7,16H2,1H3;1H. The van der Waals surface area contributed by atoms with Crippen LogP contribution >= 0.6 is 12.4 Å². The fourth-order valence-electron chi connectivity index (χ4n) is 1.48. The highest BCUT2D eigenvalue weighted by atomic mass is 35.5. The lowest BCUT2D eigenvalue weighted by molar-refractivity contribution is -0.205. The SMILES string of the molecule is CCOC(=O)C(N)(Cc1ccc(O)cc1)C(F)(F)F.Cl. The van der Waals surface area contributed by atoms with Crippen LogP contribution in [0.25, 0.3) is 0 Å². The number of alkyl halides is 3. The van der Waals surface area contributed by atoms with Gasteiger partial charge in [-0.15, -0.1) is 12.4 Å². The molecule has 4 nitrogen and oxygen atoms in total. The number of rotatable bonds is 4. The van der Waals surface area contributed by atoms with Crippen molar-refractivity contribution in [3.05, 3.63) is 29.8 Å². The second-order valence-electron chi connectivity index (χ2n) is 4.03. The average molecular weight is 314 g/mol. The largest absolute Gasteiger partial charge is 0.508 e. The van der Waals surface area contributed by atoms with Gasteiger partial charge < -0.3 is 15.6 Å². The smallest absolute Gasteiger partial charge is 0.417 e. The van der Waals surface area contributed by atoms with Gasteiger partial charge in [0.2, 0.25) is 5.54 Å². The number of phenolic OH excluding ortho intramolecular Hbond substituents is 1. The fourth-order valence-corrected chi connectivity index (χ4v) is 1.48. The molecule has 0 aliphatic carbocycles. The Morgan fingerprint density at radius 2 is 1.80 bits per heavy atom. The zero-order valence-corrected chi connectivity index (χ0v) is 11.4. The number of aromatic hydroxyl groups is 1. The lowest BCUT2D eigenvalue weighted by Gasteiger charge is -2.29. The number of nitrogens with two attached hydrogens (primary N) is 1. The first-order valence-corrected chi connectivity index (χ1v) is 5.51. The Bertz CT molecular complexity index is 450. The minimum Gasteiger partial charge on any atom is -0.508 e. The van der Waals surface area contributed by atoms with Crippen molar-refractivity contribution in [3.63, 3.8) is 0 Å². The van der Waals surface area contributed by atoms with E-state index in [1.165, 1.54) is 31.2 Å². The number of benzene rings is 1. The van der Waals surface area contributed by atoms with Crippen molar-refractivity contribution in [3.8, 4) is 5.75 Å². The number of hydrogen-bond acceptors (Lipinski definition) is 4. The first-order valence-electron chi connectivity index (χ1n) is 5.51. The monoisotopic (exact) mass is 313 g/mol. The van der Waals surface area contributed by atoms with Crippen LogP contribution in [0.3, 0.4) is 0 Å². The summed E-state index contributed by atoms with van der Waals surface area (Å²) in [6.07, 6.45) is -5.69. The minimum atomic E-state index is -4.93. The Kier molecular flexibility index (Phi) is 6.31. The molecule has 3 N–H and O–H groups in total. The zero-order chi connectivity index (χ0) is 14.7. The van der Waals surface area contributed by atoms with E-state index in [0.29, 0.717) is 0 Å². The first-order chi connectivity index (χ1) is 8.70. The molecule has 0 aliphatic rings. The molecule has 0 spiro atoms. The van der Waals surface area contributed by atoms with Gasteiger partial charge >= 0.3 is 12.1 Å². The van der Waals surface area contributed by atoms with E-state index in [1.807, 2.05) is 0 Å². The average Bonchev–Trinajstić information content (AvgIpc) is 2.31. The number of carbonyl (C=O) groups is 1. The van der Waals surface area contributed by atoms with Crippen molar-refractivity contribution >= 4 is 18.4 Å². The van der Waals surface area contributed by atoms with Crippen molar-refractivity contribution in [2.24, 2.45) is 5.73 Å². The summed E-state index contributed by atoms with van der Waals surface area (Å²) in [6, 6.07) is 4.97. The maximum atomic E-state index is 13.0. The number of esters is 1. The molecule has 114 valence electrons. The highest BCUT2D eigenvalue weighted by Gasteiger charge is 2.58. The lowest BCUT2D eigenvalue weighted by atomic mass is 9.91. The third kappa shape index (κ3) is 4.01. The van der Waals surface area contributed by atoms with Crippen molar-refractivity contribution in [2.45, 2.75) is 25.1 Å². The highest BCUT2D eigenvalue weighted by molar-refractivity contribution is 5.85. The molecule has 0 saturated heterocycles. The third-order valence-electron chi connectivity index (χ3n) is 2.56. The lowest BCUT2D eigenvalue weighted by Crippen LogP contribution is -2.61. The van der Waals surface area contributed by atoms with Crippen LogP contribution in [0.1, 0.15) is 12.5 Å². The summed E-state index contributed by atoms with van der Waals surface area (Å²) in [4.78, 5) is 11.5. The van der Waals surface area contributed by atoms with E-state index in [9.17, 15) is 18.0 Å². The Hall–Kier alpha value is -1.47. The summed E-state index contributed by atoms with van der Waals surface area (Å²) < 4.78 is 43.3. The quantitative estimate of drug-likeness (QED) is 0.836. The van der Waals surface area contributed by atoms with Crippen LogP contribution in [-0.2, 0) is 16.0 Å². The molecule has 0 fully saturated rings. The van der Waals surface area contributed by atoms with Gasteiger partial charge in [0.15, 0.2) is 0 Å². The van der Waals surface area contributed by atoms with Crippen molar-refractivity contribution in [1.29, 1.82) is 0 Å². The zero-order valence-electron chi connectivity index (χ0n) is 10.6. The van der Waals surface area contributed by atoms with Crippen LogP contribution in [0, 0.1) is 0 Å².